The van der Waals surface area contributed by atoms with Crippen LogP contribution in [-0.4, -0.2) is 59.2 Å². The van der Waals surface area contributed by atoms with Gasteiger partial charge in [-0.15, -0.1) is 0 Å². The van der Waals surface area contributed by atoms with E-state index in [4.69, 9.17) is 14.2 Å². The van der Waals surface area contributed by atoms with Gasteiger partial charge in [-0.3, -0.25) is 0 Å². The minimum Gasteiger partial charge on any atom is -0.452 e. The van der Waals surface area contributed by atoms with Crippen molar-refractivity contribution < 1.29 is 29.2 Å². The lowest BCUT2D eigenvalue weighted by atomic mass is 9.99. The molecule has 31 heavy (non-hydrogen) atoms. The Morgan fingerprint density at radius 3 is 2.45 bits per heavy atom. The third kappa shape index (κ3) is 6.30. The quantitative estimate of drug-likeness (QED) is 0.450. The summed E-state index contributed by atoms with van der Waals surface area (Å²) in [6.45, 7) is 4.10. The Morgan fingerprint density at radius 1 is 1.10 bits per heavy atom. The Kier molecular flexibility index (Phi) is 8.92. The van der Waals surface area contributed by atoms with E-state index < -0.39 is 35.8 Å². The molecule has 1 heterocycles. The van der Waals surface area contributed by atoms with E-state index in [2.05, 4.69) is 0 Å². The summed E-state index contributed by atoms with van der Waals surface area (Å²) in [4.78, 5) is 13.7. The number of esters is 1. The van der Waals surface area contributed by atoms with Gasteiger partial charge in [0.25, 0.3) is 0 Å². The molecule has 2 aromatic rings. The fourth-order valence-corrected chi connectivity index (χ4v) is 4.44. The van der Waals surface area contributed by atoms with Crippen LogP contribution < -0.4 is 0 Å². The maximum Gasteiger partial charge on any atom is 0.338 e. The first-order chi connectivity index (χ1) is 15.0. The molecule has 1 fully saturated rings. The summed E-state index contributed by atoms with van der Waals surface area (Å²) in [5.74, 6) is -0.512. The first kappa shape index (κ1) is 23.8. The highest BCUT2D eigenvalue weighted by Crippen LogP contribution is 2.36. The third-order valence-corrected chi connectivity index (χ3v) is 6.29. The molecule has 168 valence electrons. The number of aliphatic hydroxyl groups is 2. The molecule has 7 heteroatoms. The fourth-order valence-electron chi connectivity index (χ4n) is 3.33. The molecule has 0 aromatic heterocycles. The van der Waals surface area contributed by atoms with Gasteiger partial charge >= 0.3 is 5.97 Å². The molecule has 0 spiro atoms. The lowest BCUT2D eigenvalue weighted by Crippen LogP contribution is -2.59. The van der Waals surface area contributed by atoms with Crippen LogP contribution in [-0.2, 0) is 14.2 Å². The second-order valence-corrected chi connectivity index (χ2v) is 8.74. The molecule has 0 aliphatic carbocycles. The topological polar surface area (TPSA) is 85.2 Å². The number of thioether (sulfide) groups is 1. The van der Waals surface area contributed by atoms with Gasteiger partial charge < -0.3 is 24.4 Å². The van der Waals surface area contributed by atoms with Gasteiger partial charge in [-0.1, -0.05) is 61.0 Å². The number of unbranched alkanes of at least 4 members (excludes halogenated alkanes) is 1. The molecule has 2 N–H and O–H groups in total. The van der Waals surface area contributed by atoms with Crippen molar-refractivity contribution >= 4 is 17.7 Å². The summed E-state index contributed by atoms with van der Waals surface area (Å²) >= 11 is 1.38. The van der Waals surface area contributed by atoms with Crippen molar-refractivity contribution in [3.63, 3.8) is 0 Å². The molecule has 2 unspecified atom stereocenters. The highest BCUT2D eigenvalue weighted by Gasteiger charge is 2.48. The van der Waals surface area contributed by atoms with Crippen LogP contribution in [0.1, 0.15) is 35.7 Å². The summed E-state index contributed by atoms with van der Waals surface area (Å²) in [6, 6.07) is 16.6. The number of aryl methyl sites for hydroxylation is 1. The monoisotopic (exact) mass is 446 g/mol. The van der Waals surface area contributed by atoms with E-state index in [-0.39, 0.29) is 6.61 Å². The number of hydrogen-bond acceptors (Lipinski definition) is 7. The molecule has 0 amide bonds. The van der Waals surface area contributed by atoms with Crippen molar-refractivity contribution in [2.24, 2.45) is 0 Å². The van der Waals surface area contributed by atoms with E-state index in [1.54, 1.807) is 24.3 Å². The van der Waals surface area contributed by atoms with Gasteiger partial charge in [-0.2, -0.15) is 0 Å². The van der Waals surface area contributed by atoms with Gasteiger partial charge in [0.15, 0.2) is 6.10 Å². The standard InChI is InChI=1S/C24H30O6S/c1-3-4-14-28-21-20(26)19(15-25)29-24(31-18-12-10-16(2)11-13-18)22(21)30-23(27)17-8-6-5-7-9-17/h5-13,19-22,24-26H,3-4,14-15H2,1-2H3/t19?,20-,21+,22?,24-/m1/s1. The number of carbonyl (C=O) groups is 1. The minimum atomic E-state index is -1.12. The number of hydrogen-bond donors (Lipinski definition) is 2. The van der Waals surface area contributed by atoms with Crippen LogP contribution in [0.4, 0.5) is 0 Å². The lowest BCUT2D eigenvalue weighted by Gasteiger charge is -2.43. The third-order valence-electron chi connectivity index (χ3n) is 5.13. The molecule has 1 aliphatic heterocycles. The first-order valence-corrected chi connectivity index (χ1v) is 11.5. The molecular formula is C24H30O6S. The zero-order valence-electron chi connectivity index (χ0n) is 17.8. The molecule has 0 radical (unpaired) electrons. The molecule has 1 aliphatic rings. The molecule has 0 bridgehead atoms. The fraction of sp³-hybridized carbons (Fsp3) is 0.458. The maximum atomic E-state index is 12.8. The Labute approximate surface area is 187 Å². The lowest BCUT2D eigenvalue weighted by molar-refractivity contribution is -0.220. The van der Waals surface area contributed by atoms with Gasteiger partial charge in [-0.05, 0) is 37.6 Å². The average molecular weight is 447 g/mol. The number of carbonyl (C=O) groups excluding carboxylic acids is 1. The van der Waals surface area contributed by atoms with Gasteiger partial charge in [0.1, 0.15) is 23.7 Å². The minimum absolute atomic E-state index is 0.362. The Bertz CT molecular complexity index is 813. The van der Waals surface area contributed by atoms with Gasteiger partial charge in [-0.25, -0.2) is 4.79 Å². The average Bonchev–Trinajstić information content (AvgIpc) is 2.79. The highest BCUT2D eigenvalue weighted by atomic mass is 32.2. The van der Waals surface area contributed by atoms with Crippen molar-refractivity contribution in [1.82, 2.24) is 0 Å². The summed E-state index contributed by atoms with van der Waals surface area (Å²) < 4.78 is 17.8. The molecule has 2 aromatic carbocycles. The van der Waals surface area contributed by atoms with Crippen molar-refractivity contribution in [2.75, 3.05) is 13.2 Å². The second-order valence-electron chi connectivity index (χ2n) is 7.57. The summed E-state index contributed by atoms with van der Waals surface area (Å²) in [5, 5.41) is 20.6. The smallest absolute Gasteiger partial charge is 0.338 e. The zero-order chi connectivity index (χ0) is 22.2. The largest absolute Gasteiger partial charge is 0.452 e. The highest BCUT2D eigenvalue weighted by molar-refractivity contribution is 7.99. The van der Waals surface area contributed by atoms with Crippen LogP contribution >= 0.6 is 11.8 Å². The predicted octanol–water partition coefficient (Wildman–Crippen LogP) is 3.58. The Balaban J connectivity index is 1.86. The predicted molar refractivity (Wildman–Crippen MR) is 119 cm³/mol. The summed E-state index contributed by atoms with van der Waals surface area (Å²) in [7, 11) is 0. The van der Waals surface area contributed by atoms with E-state index in [0.29, 0.717) is 12.2 Å². The summed E-state index contributed by atoms with van der Waals surface area (Å²) in [5.41, 5.74) is 0.889. The molecule has 5 atom stereocenters. The van der Waals surface area contributed by atoms with E-state index >= 15 is 0 Å². The van der Waals surface area contributed by atoms with E-state index in [0.717, 1.165) is 23.3 Å². The summed E-state index contributed by atoms with van der Waals surface area (Å²) in [6.07, 6.45) is -1.88. The Hall–Kier alpha value is -1.90. The van der Waals surface area contributed by atoms with Crippen molar-refractivity contribution in [1.29, 1.82) is 0 Å². The number of benzene rings is 2. The second kappa shape index (κ2) is 11.6. The van der Waals surface area contributed by atoms with Crippen molar-refractivity contribution in [2.45, 2.75) is 61.4 Å². The molecule has 3 rings (SSSR count). The number of ether oxygens (including phenoxy) is 3. The van der Waals surface area contributed by atoms with Crippen LogP contribution in [0.3, 0.4) is 0 Å². The normalized spacial score (nSPS) is 25.9. The van der Waals surface area contributed by atoms with E-state index in [1.807, 2.05) is 44.2 Å². The van der Waals surface area contributed by atoms with Crippen LogP contribution in [0.2, 0.25) is 0 Å². The van der Waals surface area contributed by atoms with Gasteiger partial charge in [0.05, 0.1) is 12.2 Å². The number of aliphatic hydroxyl groups excluding tert-OH is 2. The van der Waals surface area contributed by atoms with Gasteiger partial charge in [0, 0.05) is 11.5 Å². The van der Waals surface area contributed by atoms with Crippen molar-refractivity contribution in [3.05, 3.63) is 65.7 Å². The number of rotatable bonds is 9. The molecule has 0 saturated carbocycles. The SMILES string of the molecule is CCCCO[C@@H]1C(OC(=O)c2ccccc2)[C@@H](Sc2ccc(C)cc2)OC(CO)[C@H]1O. The maximum absolute atomic E-state index is 12.8. The van der Waals surface area contributed by atoms with Crippen LogP contribution in [0.5, 0.6) is 0 Å². The van der Waals surface area contributed by atoms with E-state index in [1.165, 1.54) is 11.8 Å². The molecule has 1 saturated heterocycles. The van der Waals surface area contributed by atoms with Gasteiger partial charge in [0.2, 0.25) is 0 Å². The zero-order valence-corrected chi connectivity index (χ0v) is 18.7. The van der Waals surface area contributed by atoms with Crippen LogP contribution in [0, 0.1) is 6.92 Å². The Morgan fingerprint density at radius 2 is 1.81 bits per heavy atom. The van der Waals surface area contributed by atoms with E-state index in [9.17, 15) is 15.0 Å². The van der Waals surface area contributed by atoms with Crippen LogP contribution in [0.15, 0.2) is 59.5 Å². The van der Waals surface area contributed by atoms with Crippen LogP contribution in [0.25, 0.3) is 0 Å². The molecule has 6 nitrogen and oxygen atoms in total. The first-order valence-electron chi connectivity index (χ1n) is 10.6. The molecular weight excluding hydrogens is 416 g/mol. The van der Waals surface area contributed by atoms with Crippen molar-refractivity contribution in [3.8, 4) is 0 Å².